The number of amides is 2. The van der Waals surface area contributed by atoms with Crippen LogP contribution in [-0.4, -0.2) is 68.0 Å². The summed E-state index contributed by atoms with van der Waals surface area (Å²) in [6.45, 7) is 5.03. The second kappa shape index (κ2) is 7.33. The van der Waals surface area contributed by atoms with Crippen molar-refractivity contribution in [1.82, 2.24) is 30.0 Å². The number of likely N-dealkylation sites (tertiary alicyclic amines) is 2. The van der Waals surface area contributed by atoms with Crippen LogP contribution in [0.25, 0.3) is 11.4 Å². The highest BCUT2D eigenvalue weighted by atomic mass is 16.2. The Morgan fingerprint density at radius 2 is 1.96 bits per heavy atom. The fourth-order valence-corrected chi connectivity index (χ4v) is 4.45. The minimum atomic E-state index is 0.0430. The summed E-state index contributed by atoms with van der Waals surface area (Å²) in [5.41, 5.74) is 1.55. The molecule has 2 aliphatic heterocycles. The molecule has 0 N–H and O–H groups in total. The molecule has 2 aromatic rings. The molecule has 4 rings (SSSR count). The van der Waals surface area contributed by atoms with E-state index in [1.807, 2.05) is 41.0 Å². The highest BCUT2D eigenvalue weighted by Crippen LogP contribution is 2.39. The third-order valence-corrected chi connectivity index (χ3v) is 5.98. The van der Waals surface area contributed by atoms with Gasteiger partial charge in [-0.15, -0.1) is 10.2 Å². The first-order chi connectivity index (χ1) is 13.5. The number of nitrogens with zero attached hydrogens (tertiary/aromatic N) is 6. The molecule has 0 radical (unpaired) electrons. The van der Waals surface area contributed by atoms with Crippen molar-refractivity contribution < 1.29 is 9.59 Å². The lowest BCUT2D eigenvalue weighted by Gasteiger charge is -2.48. The van der Waals surface area contributed by atoms with Crippen molar-refractivity contribution in [3.63, 3.8) is 0 Å². The summed E-state index contributed by atoms with van der Waals surface area (Å²) >= 11 is 0. The van der Waals surface area contributed by atoms with E-state index in [1.165, 1.54) is 4.80 Å². The van der Waals surface area contributed by atoms with E-state index in [2.05, 4.69) is 15.4 Å². The maximum absolute atomic E-state index is 13.1. The Balaban J connectivity index is 1.48. The number of hydrogen-bond donors (Lipinski definition) is 0. The van der Waals surface area contributed by atoms with Crippen LogP contribution in [0, 0.1) is 5.41 Å². The molecule has 148 valence electrons. The van der Waals surface area contributed by atoms with Crippen molar-refractivity contribution in [3.8, 4) is 11.4 Å². The molecule has 0 saturated carbocycles. The average molecular weight is 382 g/mol. The molecule has 1 atom stereocenters. The third-order valence-electron chi connectivity index (χ3n) is 5.98. The van der Waals surface area contributed by atoms with Gasteiger partial charge in [-0.05, 0) is 43.5 Å². The molecule has 2 fully saturated rings. The zero-order chi connectivity index (χ0) is 19.7. The van der Waals surface area contributed by atoms with E-state index in [-0.39, 0.29) is 17.2 Å². The molecule has 3 heterocycles. The van der Waals surface area contributed by atoms with Gasteiger partial charge >= 0.3 is 0 Å². The van der Waals surface area contributed by atoms with Crippen LogP contribution >= 0.6 is 0 Å². The van der Waals surface area contributed by atoms with Crippen molar-refractivity contribution in [2.24, 2.45) is 12.5 Å². The molecule has 2 amide bonds. The maximum atomic E-state index is 13.1. The van der Waals surface area contributed by atoms with Crippen molar-refractivity contribution in [2.75, 3.05) is 26.2 Å². The van der Waals surface area contributed by atoms with E-state index in [9.17, 15) is 9.59 Å². The van der Waals surface area contributed by atoms with Crippen LogP contribution in [0.4, 0.5) is 0 Å². The highest BCUT2D eigenvalue weighted by Gasteiger charge is 2.42. The summed E-state index contributed by atoms with van der Waals surface area (Å²) in [6.07, 6.45) is 3.54. The summed E-state index contributed by atoms with van der Waals surface area (Å²) in [7, 11) is 1.72. The van der Waals surface area contributed by atoms with Crippen molar-refractivity contribution in [2.45, 2.75) is 32.6 Å². The monoisotopic (exact) mass is 382 g/mol. The smallest absolute Gasteiger partial charge is 0.253 e. The van der Waals surface area contributed by atoms with Gasteiger partial charge in [-0.2, -0.15) is 4.80 Å². The average Bonchev–Trinajstić information content (AvgIpc) is 3.16. The number of tetrazole rings is 1. The Labute approximate surface area is 164 Å². The summed E-state index contributed by atoms with van der Waals surface area (Å²) in [5.74, 6) is 0.840. The number of rotatable bonds is 3. The van der Waals surface area contributed by atoms with Crippen LogP contribution in [0.3, 0.4) is 0 Å². The van der Waals surface area contributed by atoms with Gasteiger partial charge in [0.1, 0.15) is 0 Å². The van der Waals surface area contributed by atoms with Gasteiger partial charge in [-0.1, -0.05) is 12.1 Å². The van der Waals surface area contributed by atoms with E-state index in [0.29, 0.717) is 17.8 Å². The number of carbonyl (C=O) groups is 2. The molecule has 2 saturated heterocycles. The van der Waals surface area contributed by atoms with Crippen LogP contribution < -0.4 is 0 Å². The number of hydrogen-bond acceptors (Lipinski definition) is 5. The predicted octanol–water partition coefficient (Wildman–Crippen LogP) is 1.74. The lowest BCUT2D eigenvalue weighted by atomic mass is 9.73. The van der Waals surface area contributed by atoms with Crippen LogP contribution in [-0.2, 0) is 11.8 Å². The summed E-state index contributed by atoms with van der Waals surface area (Å²) in [6, 6.07) is 7.39. The van der Waals surface area contributed by atoms with E-state index >= 15 is 0 Å². The second-order valence-corrected chi connectivity index (χ2v) is 7.92. The Hall–Kier alpha value is -2.77. The number of benzene rings is 1. The van der Waals surface area contributed by atoms with E-state index in [1.54, 1.807) is 7.05 Å². The Morgan fingerprint density at radius 3 is 2.64 bits per heavy atom. The molecule has 1 aromatic heterocycles. The van der Waals surface area contributed by atoms with Crippen molar-refractivity contribution in [3.05, 3.63) is 29.8 Å². The molecule has 1 aromatic carbocycles. The SMILES string of the molecule is CCN1C[C@@]2(CCCN(C(=O)c3ccc(-c4nnn(C)n4)cc3)C2)CCC1=O. The van der Waals surface area contributed by atoms with E-state index in [0.717, 1.165) is 51.0 Å². The number of piperidine rings is 2. The van der Waals surface area contributed by atoms with Gasteiger partial charge < -0.3 is 9.80 Å². The molecule has 28 heavy (non-hydrogen) atoms. The van der Waals surface area contributed by atoms with Crippen LogP contribution in [0.2, 0.25) is 0 Å². The number of carbonyl (C=O) groups excluding carboxylic acids is 2. The fraction of sp³-hybridized carbons (Fsp3) is 0.550. The van der Waals surface area contributed by atoms with Gasteiger partial charge in [0.15, 0.2) is 0 Å². The van der Waals surface area contributed by atoms with Crippen LogP contribution in [0.5, 0.6) is 0 Å². The molecule has 8 heteroatoms. The van der Waals surface area contributed by atoms with Crippen LogP contribution in [0.15, 0.2) is 24.3 Å². The van der Waals surface area contributed by atoms with Gasteiger partial charge in [0.2, 0.25) is 11.7 Å². The molecule has 0 unspecified atom stereocenters. The summed E-state index contributed by atoms with van der Waals surface area (Å²) < 4.78 is 0. The first kappa shape index (κ1) is 18.6. The second-order valence-electron chi connectivity index (χ2n) is 7.92. The zero-order valence-corrected chi connectivity index (χ0v) is 16.5. The maximum Gasteiger partial charge on any atom is 0.253 e. The predicted molar refractivity (Wildman–Crippen MR) is 103 cm³/mol. The van der Waals surface area contributed by atoms with Crippen LogP contribution in [0.1, 0.15) is 43.0 Å². The molecular weight excluding hydrogens is 356 g/mol. The van der Waals surface area contributed by atoms with Gasteiger partial charge in [0.05, 0.1) is 7.05 Å². The zero-order valence-electron chi connectivity index (χ0n) is 16.5. The molecular formula is C20H26N6O2. The Bertz CT molecular complexity index is 877. The largest absolute Gasteiger partial charge is 0.342 e. The number of aromatic nitrogens is 4. The quantitative estimate of drug-likeness (QED) is 0.807. The van der Waals surface area contributed by atoms with Gasteiger partial charge in [0, 0.05) is 49.1 Å². The Morgan fingerprint density at radius 1 is 1.18 bits per heavy atom. The minimum absolute atomic E-state index is 0.0430. The third kappa shape index (κ3) is 3.50. The van der Waals surface area contributed by atoms with Gasteiger partial charge in [-0.3, -0.25) is 9.59 Å². The lowest BCUT2D eigenvalue weighted by Crippen LogP contribution is -2.55. The van der Waals surface area contributed by atoms with Gasteiger partial charge in [-0.25, -0.2) is 0 Å². The first-order valence-electron chi connectivity index (χ1n) is 9.91. The topological polar surface area (TPSA) is 84.2 Å². The van der Waals surface area contributed by atoms with E-state index < -0.39 is 0 Å². The van der Waals surface area contributed by atoms with Crippen molar-refractivity contribution in [1.29, 1.82) is 0 Å². The Kier molecular flexibility index (Phi) is 4.87. The van der Waals surface area contributed by atoms with E-state index in [4.69, 9.17) is 0 Å². The number of aryl methyl sites for hydroxylation is 1. The normalized spacial score (nSPS) is 22.7. The molecule has 8 nitrogen and oxygen atoms in total. The molecule has 1 spiro atoms. The van der Waals surface area contributed by atoms with Crippen molar-refractivity contribution >= 4 is 11.8 Å². The fourth-order valence-electron chi connectivity index (χ4n) is 4.45. The lowest BCUT2D eigenvalue weighted by molar-refractivity contribution is -0.138. The standard InChI is InChI=1S/C20H26N6O2/c1-3-25-13-20(11-9-17(25)27)10-4-12-26(14-20)19(28)16-7-5-15(6-8-16)18-21-23-24(2)22-18/h5-8H,3-4,9-14H2,1-2H3/t20-/m1/s1. The molecule has 0 aliphatic carbocycles. The summed E-state index contributed by atoms with van der Waals surface area (Å²) in [4.78, 5) is 30.5. The first-order valence-corrected chi connectivity index (χ1v) is 9.91. The minimum Gasteiger partial charge on any atom is -0.342 e. The van der Waals surface area contributed by atoms with Gasteiger partial charge in [0.25, 0.3) is 5.91 Å². The molecule has 2 aliphatic rings. The summed E-state index contributed by atoms with van der Waals surface area (Å²) in [5, 5.41) is 12.0. The molecule has 0 bridgehead atoms. The highest BCUT2D eigenvalue weighted by molar-refractivity contribution is 5.94.